The first-order valence-corrected chi connectivity index (χ1v) is 12.7. The van der Waals surface area contributed by atoms with Crippen molar-refractivity contribution in [3.63, 3.8) is 0 Å². The molecule has 2 aliphatic carbocycles. The molecule has 0 spiro atoms. The molecule has 1 aliphatic heterocycles. The van der Waals surface area contributed by atoms with Gasteiger partial charge in [0.05, 0.1) is 17.4 Å². The molecule has 12 heteroatoms. The SMILES string of the molecule is C[C@@H]1C[C@H](O)c2ncnc(N3CCN(C(=O)/C(=C\NCC4CC4)c4ccc(OC(F)(F)F)c(F)c4)CC3)c21. The summed E-state index contributed by atoms with van der Waals surface area (Å²) in [6.45, 7) is 4.41. The van der Waals surface area contributed by atoms with Crippen LogP contribution in [0.5, 0.6) is 5.75 Å². The molecule has 2 atom stereocenters. The second-order valence-corrected chi connectivity index (χ2v) is 10.0. The third-order valence-corrected chi connectivity index (χ3v) is 7.19. The van der Waals surface area contributed by atoms with Crippen molar-refractivity contribution in [1.82, 2.24) is 20.2 Å². The van der Waals surface area contributed by atoms with E-state index < -0.39 is 24.0 Å². The van der Waals surface area contributed by atoms with Crippen LogP contribution in [0.4, 0.5) is 23.4 Å². The third kappa shape index (κ3) is 5.69. The van der Waals surface area contributed by atoms with Crippen molar-refractivity contribution in [3.05, 3.63) is 53.4 Å². The number of benzene rings is 1. The number of alkyl halides is 3. The molecule has 204 valence electrons. The molecule has 2 fully saturated rings. The average Bonchev–Trinajstić information content (AvgIpc) is 3.66. The Morgan fingerprint density at radius 3 is 2.61 bits per heavy atom. The van der Waals surface area contributed by atoms with Crippen LogP contribution in [0.2, 0.25) is 0 Å². The van der Waals surface area contributed by atoms with Crippen LogP contribution in [0.3, 0.4) is 0 Å². The van der Waals surface area contributed by atoms with E-state index in [0.717, 1.165) is 36.4 Å². The number of anilines is 1. The number of fused-ring (bicyclic) bond motifs is 1. The van der Waals surface area contributed by atoms with Crippen molar-refractivity contribution in [2.24, 2.45) is 5.92 Å². The first-order chi connectivity index (χ1) is 18.1. The van der Waals surface area contributed by atoms with E-state index in [-0.39, 0.29) is 23.0 Å². The molecule has 1 saturated carbocycles. The van der Waals surface area contributed by atoms with Crippen LogP contribution >= 0.6 is 0 Å². The summed E-state index contributed by atoms with van der Waals surface area (Å²) in [4.78, 5) is 26.0. The highest BCUT2D eigenvalue weighted by Crippen LogP contribution is 2.43. The fourth-order valence-corrected chi connectivity index (χ4v) is 5.04. The summed E-state index contributed by atoms with van der Waals surface area (Å²) in [5.41, 5.74) is 1.90. The zero-order valence-corrected chi connectivity index (χ0v) is 20.8. The number of hydrogen-bond acceptors (Lipinski definition) is 7. The lowest BCUT2D eigenvalue weighted by atomic mass is 10.0. The number of aliphatic hydroxyl groups excluding tert-OH is 1. The van der Waals surface area contributed by atoms with Crippen molar-refractivity contribution in [2.75, 3.05) is 37.6 Å². The zero-order chi connectivity index (χ0) is 27.0. The molecule has 1 amide bonds. The Bertz CT molecular complexity index is 1230. The monoisotopic (exact) mass is 535 g/mol. The summed E-state index contributed by atoms with van der Waals surface area (Å²) in [6.07, 6.45) is 0.0900. The number of rotatable bonds is 7. The predicted molar refractivity (Wildman–Crippen MR) is 131 cm³/mol. The Kier molecular flexibility index (Phi) is 7.17. The molecule has 2 N–H and O–H groups in total. The lowest BCUT2D eigenvalue weighted by Gasteiger charge is -2.36. The summed E-state index contributed by atoms with van der Waals surface area (Å²) >= 11 is 0. The highest BCUT2D eigenvalue weighted by molar-refractivity contribution is 6.19. The molecule has 3 aliphatic rings. The molecule has 2 heterocycles. The molecule has 0 bridgehead atoms. The zero-order valence-electron chi connectivity index (χ0n) is 20.8. The topological polar surface area (TPSA) is 90.8 Å². The number of piperazine rings is 1. The largest absolute Gasteiger partial charge is 0.573 e. The standard InChI is InChI=1S/C26H29F4N5O3/c1-15-10-20(36)23-22(15)24(33-14-32-23)34-6-8-35(9-7-34)25(37)18(13-31-12-16-2-3-16)17-4-5-21(19(27)11-17)38-26(28,29)30/h4-5,11,13-16,20,31,36H,2-3,6-10,12H2,1H3/b18-13-/t15-,20+/m1/s1. The van der Waals surface area contributed by atoms with Gasteiger partial charge in [0.15, 0.2) is 11.6 Å². The van der Waals surface area contributed by atoms with Gasteiger partial charge in [-0.25, -0.2) is 14.4 Å². The van der Waals surface area contributed by atoms with Crippen molar-refractivity contribution in [2.45, 2.75) is 44.6 Å². The predicted octanol–water partition coefficient (Wildman–Crippen LogP) is 3.74. The molecular formula is C26H29F4N5O3. The van der Waals surface area contributed by atoms with E-state index in [1.165, 1.54) is 18.6 Å². The van der Waals surface area contributed by atoms with Crippen LogP contribution in [0, 0.1) is 11.7 Å². The first kappa shape index (κ1) is 26.2. The normalized spacial score (nSPS) is 21.9. The Balaban J connectivity index is 1.32. The summed E-state index contributed by atoms with van der Waals surface area (Å²) < 4.78 is 55.9. The molecule has 1 aromatic heterocycles. The van der Waals surface area contributed by atoms with Crippen LogP contribution in [-0.2, 0) is 4.79 Å². The van der Waals surface area contributed by atoms with E-state index in [9.17, 15) is 27.5 Å². The maximum Gasteiger partial charge on any atom is 0.573 e. The van der Waals surface area contributed by atoms with Crippen LogP contribution in [0.1, 0.15) is 55.0 Å². The minimum atomic E-state index is -5.03. The number of ether oxygens (including phenoxy) is 1. The molecule has 1 saturated heterocycles. The highest BCUT2D eigenvalue weighted by Gasteiger charge is 2.35. The maximum absolute atomic E-state index is 14.5. The van der Waals surface area contributed by atoms with Crippen LogP contribution in [0.15, 0.2) is 30.7 Å². The van der Waals surface area contributed by atoms with Gasteiger partial charge in [0, 0.05) is 44.5 Å². The Hall–Kier alpha value is -3.41. The van der Waals surface area contributed by atoms with E-state index in [0.29, 0.717) is 50.8 Å². The summed E-state index contributed by atoms with van der Waals surface area (Å²) in [5, 5.41) is 13.4. The van der Waals surface area contributed by atoms with Crippen molar-refractivity contribution in [1.29, 1.82) is 0 Å². The van der Waals surface area contributed by atoms with E-state index in [4.69, 9.17) is 0 Å². The lowest BCUT2D eigenvalue weighted by Crippen LogP contribution is -2.49. The van der Waals surface area contributed by atoms with Gasteiger partial charge in [-0.3, -0.25) is 4.79 Å². The number of nitrogens with zero attached hydrogens (tertiary/aromatic N) is 4. The number of carbonyl (C=O) groups is 1. The van der Waals surface area contributed by atoms with Crippen LogP contribution in [0.25, 0.3) is 5.57 Å². The van der Waals surface area contributed by atoms with E-state index in [1.54, 1.807) is 4.90 Å². The molecule has 5 rings (SSSR count). The van der Waals surface area contributed by atoms with Crippen LogP contribution in [-0.4, -0.2) is 65.0 Å². The number of aliphatic hydroxyl groups is 1. The Morgan fingerprint density at radius 1 is 1.21 bits per heavy atom. The van der Waals surface area contributed by atoms with E-state index >= 15 is 0 Å². The molecule has 38 heavy (non-hydrogen) atoms. The number of nitrogens with one attached hydrogen (secondary N) is 1. The highest BCUT2D eigenvalue weighted by atomic mass is 19.4. The van der Waals surface area contributed by atoms with Crippen molar-refractivity contribution in [3.8, 4) is 5.75 Å². The van der Waals surface area contributed by atoms with Gasteiger partial charge in [0.2, 0.25) is 0 Å². The smallest absolute Gasteiger partial charge is 0.403 e. The van der Waals surface area contributed by atoms with Gasteiger partial charge < -0.3 is 25.0 Å². The average molecular weight is 536 g/mol. The molecule has 0 unspecified atom stereocenters. The maximum atomic E-state index is 14.5. The van der Waals surface area contributed by atoms with Gasteiger partial charge in [-0.15, -0.1) is 13.2 Å². The van der Waals surface area contributed by atoms with Gasteiger partial charge >= 0.3 is 6.36 Å². The Morgan fingerprint density at radius 2 is 1.95 bits per heavy atom. The van der Waals surface area contributed by atoms with Gasteiger partial charge in [0.1, 0.15) is 12.1 Å². The second kappa shape index (κ2) is 10.4. The minimum Gasteiger partial charge on any atom is -0.403 e. The van der Waals surface area contributed by atoms with Gasteiger partial charge in [-0.1, -0.05) is 13.0 Å². The summed E-state index contributed by atoms with van der Waals surface area (Å²) in [5.74, 6) is -1.13. The molecule has 8 nitrogen and oxygen atoms in total. The van der Waals surface area contributed by atoms with Gasteiger partial charge in [-0.05, 0) is 48.8 Å². The van der Waals surface area contributed by atoms with Crippen molar-refractivity contribution >= 4 is 17.3 Å². The quantitative estimate of drug-likeness (QED) is 0.412. The van der Waals surface area contributed by atoms with E-state index in [2.05, 4.69) is 24.9 Å². The summed E-state index contributed by atoms with van der Waals surface area (Å²) in [6, 6.07) is 3.01. The first-order valence-electron chi connectivity index (χ1n) is 12.7. The minimum absolute atomic E-state index is 0.113. The fraction of sp³-hybridized carbons (Fsp3) is 0.500. The van der Waals surface area contributed by atoms with Crippen molar-refractivity contribution < 1.29 is 32.2 Å². The summed E-state index contributed by atoms with van der Waals surface area (Å²) in [7, 11) is 0. The Labute approximate surface area is 217 Å². The van der Waals surface area contributed by atoms with Gasteiger partial charge in [-0.2, -0.15) is 0 Å². The lowest BCUT2D eigenvalue weighted by molar-refractivity contribution is -0.275. The number of halogens is 4. The number of carbonyl (C=O) groups excluding carboxylic acids is 1. The number of hydrogen-bond donors (Lipinski definition) is 2. The fourth-order valence-electron chi connectivity index (χ4n) is 5.04. The third-order valence-electron chi connectivity index (χ3n) is 7.19. The molecule has 1 aromatic carbocycles. The van der Waals surface area contributed by atoms with Gasteiger partial charge in [0.25, 0.3) is 5.91 Å². The second-order valence-electron chi connectivity index (χ2n) is 10.0. The number of amides is 1. The molecule has 0 radical (unpaired) electrons. The molecular weight excluding hydrogens is 506 g/mol. The number of aromatic nitrogens is 2. The van der Waals surface area contributed by atoms with Crippen LogP contribution < -0.4 is 15.0 Å². The van der Waals surface area contributed by atoms with E-state index in [1.807, 2.05) is 6.92 Å². The molecule has 2 aromatic rings.